The van der Waals surface area contributed by atoms with Crippen LogP contribution in [0.25, 0.3) is 0 Å². The van der Waals surface area contributed by atoms with Crippen LogP contribution in [0.15, 0.2) is 18.2 Å². The molecule has 1 heterocycles. The normalized spacial score (nSPS) is 23.8. The minimum absolute atomic E-state index is 0.0580. The summed E-state index contributed by atoms with van der Waals surface area (Å²) >= 11 is 0. The molecule has 2 N–H and O–H groups in total. The lowest BCUT2D eigenvalue weighted by Gasteiger charge is -2.30. The number of amides is 2. The maximum atomic E-state index is 13.3. The molecule has 1 saturated carbocycles. The highest BCUT2D eigenvalue weighted by atomic mass is 19.3. The van der Waals surface area contributed by atoms with E-state index >= 15 is 0 Å². The first kappa shape index (κ1) is 16.9. The molecule has 1 saturated heterocycles. The van der Waals surface area contributed by atoms with Gasteiger partial charge in [0.05, 0.1) is 11.8 Å². The number of carbonyl (C=O) groups excluding carboxylic acids is 1. The number of benzene rings is 1. The lowest BCUT2D eigenvalue weighted by molar-refractivity contribution is -0.0494. The zero-order chi connectivity index (χ0) is 17.1. The van der Waals surface area contributed by atoms with Crippen molar-refractivity contribution >= 4 is 11.7 Å². The van der Waals surface area contributed by atoms with Gasteiger partial charge in [0.25, 0.3) is 0 Å². The van der Waals surface area contributed by atoms with Crippen LogP contribution >= 0.6 is 0 Å². The molecule has 1 aliphatic carbocycles. The molecule has 132 valence electrons. The Hall–Kier alpha value is -1.96. The van der Waals surface area contributed by atoms with Crippen molar-refractivity contribution in [1.82, 2.24) is 5.32 Å². The Kier molecular flexibility index (Phi) is 5.13. The molecule has 3 rings (SSSR count). The molecule has 1 aliphatic heterocycles. The minimum Gasteiger partial charge on any atom is -0.433 e. The van der Waals surface area contributed by atoms with Crippen LogP contribution in [-0.2, 0) is 4.74 Å². The van der Waals surface area contributed by atoms with E-state index in [-0.39, 0.29) is 23.6 Å². The van der Waals surface area contributed by atoms with E-state index in [4.69, 9.17) is 4.74 Å². The monoisotopic (exact) mass is 344 g/mol. The highest BCUT2D eigenvalue weighted by Gasteiger charge is 2.36. The number of rotatable bonds is 5. The molecule has 2 aliphatic rings. The lowest BCUT2D eigenvalue weighted by Crippen LogP contribution is -2.44. The first-order valence-corrected chi connectivity index (χ1v) is 7.95. The molecule has 1 aromatic rings. The molecule has 0 bridgehead atoms. The van der Waals surface area contributed by atoms with Gasteiger partial charge in [-0.3, -0.25) is 0 Å². The maximum Gasteiger partial charge on any atom is 0.387 e. The highest BCUT2D eigenvalue weighted by molar-refractivity contribution is 5.91. The molecule has 5 nitrogen and oxygen atoms in total. The van der Waals surface area contributed by atoms with Crippen molar-refractivity contribution in [3.8, 4) is 5.75 Å². The molecular formula is C16H19F3N2O3. The molecule has 1 aromatic carbocycles. The van der Waals surface area contributed by atoms with Crippen molar-refractivity contribution in [2.24, 2.45) is 5.92 Å². The van der Waals surface area contributed by atoms with Crippen molar-refractivity contribution in [2.45, 2.75) is 44.4 Å². The number of anilines is 1. The van der Waals surface area contributed by atoms with Gasteiger partial charge in [0, 0.05) is 18.7 Å². The summed E-state index contributed by atoms with van der Waals surface area (Å²) in [5.41, 5.74) is -0.140. The number of nitrogens with one attached hydrogen (secondary N) is 2. The van der Waals surface area contributed by atoms with E-state index in [0.717, 1.165) is 37.5 Å². The Labute approximate surface area is 137 Å². The number of halogens is 3. The van der Waals surface area contributed by atoms with Gasteiger partial charge in [-0.05, 0) is 43.7 Å². The largest absolute Gasteiger partial charge is 0.433 e. The summed E-state index contributed by atoms with van der Waals surface area (Å²) < 4.78 is 48.0. The molecule has 24 heavy (non-hydrogen) atoms. The van der Waals surface area contributed by atoms with Gasteiger partial charge in [0.1, 0.15) is 11.6 Å². The van der Waals surface area contributed by atoms with Crippen LogP contribution in [0.2, 0.25) is 0 Å². The van der Waals surface area contributed by atoms with Crippen molar-refractivity contribution in [3.05, 3.63) is 24.0 Å². The maximum absolute atomic E-state index is 13.3. The fraction of sp³-hybridized carbons (Fsp3) is 0.562. The SMILES string of the molecule is O=C(Nc1cc(F)ccc1OC(F)F)N[C@H]1CCO[C@@H](C2CC2)C1. The Balaban J connectivity index is 1.58. The summed E-state index contributed by atoms with van der Waals surface area (Å²) in [7, 11) is 0. The summed E-state index contributed by atoms with van der Waals surface area (Å²) in [6.07, 6.45) is 3.88. The number of urea groups is 1. The zero-order valence-electron chi connectivity index (χ0n) is 12.9. The van der Waals surface area contributed by atoms with Crippen molar-refractivity contribution in [2.75, 3.05) is 11.9 Å². The van der Waals surface area contributed by atoms with Gasteiger partial charge in [-0.25, -0.2) is 9.18 Å². The summed E-state index contributed by atoms with van der Waals surface area (Å²) in [6.45, 7) is -2.49. The van der Waals surface area contributed by atoms with E-state index in [1.165, 1.54) is 0 Å². The number of carbonyl (C=O) groups is 1. The van der Waals surface area contributed by atoms with Crippen LogP contribution in [0, 0.1) is 11.7 Å². The summed E-state index contributed by atoms with van der Waals surface area (Å²) in [5, 5.41) is 5.16. The number of hydrogen-bond acceptors (Lipinski definition) is 3. The second kappa shape index (κ2) is 7.29. The second-order valence-corrected chi connectivity index (χ2v) is 6.09. The number of ether oxygens (including phenoxy) is 2. The predicted octanol–water partition coefficient (Wildman–Crippen LogP) is 3.51. The molecule has 8 heteroatoms. The topological polar surface area (TPSA) is 59.6 Å². The van der Waals surface area contributed by atoms with Gasteiger partial charge in [0.15, 0.2) is 0 Å². The smallest absolute Gasteiger partial charge is 0.387 e. The van der Waals surface area contributed by atoms with E-state index < -0.39 is 18.5 Å². The quantitative estimate of drug-likeness (QED) is 0.859. The van der Waals surface area contributed by atoms with Gasteiger partial charge < -0.3 is 20.1 Å². The number of alkyl halides is 2. The first-order chi connectivity index (χ1) is 11.5. The van der Waals surface area contributed by atoms with Crippen LogP contribution in [-0.4, -0.2) is 31.4 Å². The molecule has 0 spiro atoms. The molecule has 2 fully saturated rings. The van der Waals surface area contributed by atoms with Crippen LogP contribution in [0.3, 0.4) is 0 Å². The van der Waals surface area contributed by atoms with Crippen molar-refractivity contribution in [1.29, 1.82) is 0 Å². The molecule has 2 amide bonds. The lowest BCUT2D eigenvalue weighted by atomic mass is 10.0. The Bertz CT molecular complexity index is 596. The average molecular weight is 344 g/mol. The fourth-order valence-corrected chi connectivity index (χ4v) is 2.90. The van der Waals surface area contributed by atoms with Gasteiger partial charge in [0.2, 0.25) is 0 Å². The summed E-state index contributed by atoms with van der Waals surface area (Å²) in [4.78, 5) is 12.1. The zero-order valence-corrected chi connectivity index (χ0v) is 12.9. The van der Waals surface area contributed by atoms with Crippen molar-refractivity contribution in [3.63, 3.8) is 0 Å². The third kappa shape index (κ3) is 4.53. The molecule has 0 aromatic heterocycles. The molecular weight excluding hydrogens is 325 g/mol. The summed E-state index contributed by atoms with van der Waals surface area (Å²) in [5.74, 6) is -0.372. The molecule has 0 radical (unpaired) electrons. The van der Waals surface area contributed by atoms with Crippen LogP contribution < -0.4 is 15.4 Å². The van der Waals surface area contributed by atoms with Gasteiger partial charge in [-0.2, -0.15) is 8.78 Å². The second-order valence-electron chi connectivity index (χ2n) is 6.09. The van der Waals surface area contributed by atoms with Gasteiger partial charge in [-0.15, -0.1) is 0 Å². The third-order valence-electron chi connectivity index (χ3n) is 4.20. The number of hydrogen-bond donors (Lipinski definition) is 2. The Morgan fingerprint density at radius 1 is 1.29 bits per heavy atom. The Morgan fingerprint density at radius 2 is 2.08 bits per heavy atom. The molecule has 2 atom stereocenters. The van der Waals surface area contributed by atoms with E-state index in [0.29, 0.717) is 18.9 Å². The van der Waals surface area contributed by atoms with Crippen LogP contribution in [0.4, 0.5) is 23.7 Å². The first-order valence-electron chi connectivity index (χ1n) is 7.95. The van der Waals surface area contributed by atoms with Gasteiger partial charge in [-0.1, -0.05) is 0 Å². The third-order valence-corrected chi connectivity index (χ3v) is 4.20. The van der Waals surface area contributed by atoms with E-state index in [2.05, 4.69) is 15.4 Å². The molecule has 0 unspecified atom stereocenters. The van der Waals surface area contributed by atoms with E-state index in [9.17, 15) is 18.0 Å². The van der Waals surface area contributed by atoms with E-state index in [1.54, 1.807) is 0 Å². The highest BCUT2D eigenvalue weighted by Crippen LogP contribution is 2.38. The standard InChI is InChI=1S/C16H19F3N2O3/c17-10-3-4-13(24-15(18)19)12(7-10)21-16(22)20-11-5-6-23-14(8-11)9-1-2-9/h3-4,7,9,11,14-15H,1-2,5-6,8H2,(H2,20,21,22)/t11-,14+/m0/s1. The Morgan fingerprint density at radius 3 is 2.79 bits per heavy atom. The average Bonchev–Trinajstić information content (AvgIpc) is 3.34. The predicted molar refractivity (Wildman–Crippen MR) is 80.7 cm³/mol. The van der Waals surface area contributed by atoms with Crippen LogP contribution in [0.5, 0.6) is 5.75 Å². The van der Waals surface area contributed by atoms with Crippen molar-refractivity contribution < 1.29 is 27.4 Å². The van der Waals surface area contributed by atoms with Crippen LogP contribution in [0.1, 0.15) is 25.7 Å². The van der Waals surface area contributed by atoms with Gasteiger partial charge >= 0.3 is 12.6 Å². The fourth-order valence-electron chi connectivity index (χ4n) is 2.90. The minimum atomic E-state index is -3.06. The van der Waals surface area contributed by atoms with E-state index in [1.807, 2.05) is 0 Å². The summed E-state index contributed by atoms with van der Waals surface area (Å²) in [6, 6.07) is 2.33.